The molecule has 0 saturated heterocycles. The van der Waals surface area contributed by atoms with Crippen molar-refractivity contribution in [2.75, 3.05) is 0 Å². The standard InChI is InChI=1S/C16H10F2O2/c17-12-5-3-6-13(18)11(12)9-14(19)16-8-10-4-1-2-7-15(10)20-16/h1-8H,9H2. The summed E-state index contributed by atoms with van der Waals surface area (Å²) in [4.78, 5) is 12.1. The van der Waals surface area contributed by atoms with Gasteiger partial charge in [0.05, 0.1) is 0 Å². The molecule has 0 fully saturated rings. The number of halogens is 2. The second-order valence-corrected chi connectivity index (χ2v) is 4.45. The summed E-state index contributed by atoms with van der Waals surface area (Å²) >= 11 is 0. The second kappa shape index (κ2) is 4.89. The molecule has 0 amide bonds. The fraction of sp³-hybridized carbons (Fsp3) is 0.0625. The molecule has 3 aromatic rings. The van der Waals surface area contributed by atoms with Crippen LogP contribution in [0.5, 0.6) is 0 Å². The summed E-state index contributed by atoms with van der Waals surface area (Å²) in [5, 5.41) is 0.782. The fourth-order valence-electron chi connectivity index (χ4n) is 2.07. The van der Waals surface area contributed by atoms with Crippen molar-refractivity contribution in [3.05, 3.63) is 71.5 Å². The summed E-state index contributed by atoms with van der Waals surface area (Å²) in [6.07, 6.45) is -0.363. The minimum Gasteiger partial charge on any atom is -0.453 e. The Bertz CT molecular complexity index is 737. The first-order valence-electron chi connectivity index (χ1n) is 6.10. The van der Waals surface area contributed by atoms with Crippen molar-refractivity contribution in [1.29, 1.82) is 0 Å². The molecule has 2 nitrogen and oxygen atoms in total. The monoisotopic (exact) mass is 272 g/mol. The molecule has 0 unspecified atom stereocenters. The lowest BCUT2D eigenvalue weighted by Crippen LogP contribution is -2.06. The quantitative estimate of drug-likeness (QED) is 0.671. The number of para-hydroxylation sites is 1. The highest BCUT2D eigenvalue weighted by molar-refractivity contribution is 5.98. The number of benzene rings is 2. The van der Waals surface area contributed by atoms with Crippen LogP contribution in [-0.4, -0.2) is 5.78 Å². The molecule has 0 spiro atoms. The maximum Gasteiger partial charge on any atom is 0.202 e. The van der Waals surface area contributed by atoms with E-state index in [1.807, 2.05) is 6.07 Å². The van der Waals surface area contributed by atoms with E-state index in [-0.39, 0.29) is 17.7 Å². The van der Waals surface area contributed by atoms with Crippen LogP contribution in [0.1, 0.15) is 16.1 Å². The third-order valence-corrected chi connectivity index (χ3v) is 3.10. The van der Waals surface area contributed by atoms with E-state index in [0.717, 1.165) is 17.5 Å². The number of carbonyl (C=O) groups excluding carboxylic acids is 1. The van der Waals surface area contributed by atoms with E-state index in [1.54, 1.807) is 24.3 Å². The minimum atomic E-state index is -0.727. The predicted molar refractivity (Wildman–Crippen MR) is 70.6 cm³/mol. The molecule has 2 aromatic carbocycles. The van der Waals surface area contributed by atoms with Gasteiger partial charge >= 0.3 is 0 Å². The van der Waals surface area contributed by atoms with Crippen molar-refractivity contribution in [2.24, 2.45) is 0 Å². The molecule has 0 radical (unpaired) electrons. The molecule has 0 aliphatic heterocycles. The lowest BCUT2D eigenvalue weighted by molar-refractivity contribution is 0.0966. The number of rotatable bonds is 3. The molecule has 20 heavy (non-hydrogen) atoms. The number of hydrogen-bond donors (Lipinski definition) is 0. The van der Waals surface area contributed by atoms with Gasteiger partial charge in [-0.1, -0.05) is 24.3 Å². The van der Waals surface area contributed by atoms with Crippen molar-refractivity contribution >= 4 is 16.8 Å². The molecule has 0 aliphatic carbocycles. The Balaban J connectivity index is 1.93. The zero-order chi connectivity index (χ0) is 14.1. The molecule has 0 aliphatic rings. The lowest BCUT2D eigenvalue weighted by Gasteiger charge is -2.02. The van der Waals surface area contributed by atoms with Gasteiger partial charge in [-0.2, -0.15) is 0 Å². The van der Waals surface area contributed by atoms with Crippen LogP contribution in [0.4, 0.5) is 8.78 Å². The van der Waals surface area contributed by atoms with E-state index in [9.17, 15) is 13.6 Å². The van der Waals surface area contributed by atoms with Gasteiger partial charge in [-0.25, -0.2) is 8.78 Å². The van der Waals surface area contributed by atoms with E-state index < -0.39 is 17.4 Å². The Hall–Kier alpha value is -2.49. The Morgan fingerprint density at radius 1 is 1.00 bits per heavy atom. The third kappa shape index (κ3) is 2.20. The van der Waals surface area contributed by atoms with Gasteiger partial charge in [0.15, 0.2) is 5.76 Å². The van der Waals surface area contributed by atoms with Crippen LogP contribution < -0.4 is 0 Å². The van der Waals surface area contributed by atoms with Crippen molar-refractivity contribution in [3.63, 3.8) is 0 Å². The molecule has 3 rings (SSSR count). The number of furan rings is 1. The fourth-order valence-corrected chi connectivity index (χ4v) is 2.07. The normalized spacial score (nSPS) is 10.9. The van der Waals surface area contributed by atoms with Gasteiger partial charge in [0.1, 0.15) is 17.2 Å². The first-order valence-corrected chi connectivity index (χ1v) is 6.10. The number of hydrogen-bond acceptors (Lipinski definition) is 2. The van der Waals surface area contributed by atoms with Gasteiger partial charge in [0.25, 0.3) is 0 Å². The topological polar surface area (TPSA) is 30.2 Å². The first kappa shape index (κ1) is 12.5. The van der Waals surface area contributed by atoms with E-state index in [4.69, 9.17) is 4.42 Å². The van der Waals surface area contributed by atoms with Crippen molar-refractivity contribution in [2.45, 2.75) is 6.42 Å². The van der Waals surface area contributed by atoms with E-state index >= 15 is 0 Å². The number of Topliss-reactive ketones (excluding diaryl/α,β-unsaturated/α-hetero) is 1. The summed E-state index contributed by atoms with van der Waals surface area (Å²) in [6, 6.07) is 12.2. The van der Waals surface area contributed by atoms with Crippen LogP contribution in [-0.2, 0) is 6.42 Å². The largest absolute Gasteiger partial charge is 0.453 e. The summed E-state index contributed by atoms with van der Waals surface area (Å²) in [5.41, 5.74) is 0.336. The van der Waals surface area contributed by atoms with E-state index in [1.165, 1.54) is 6.07 Å². The molecular formula is C16H10F2O2. The van der Waals surface area contributed by atoms with Crippen LogP contribution in [0.25, 0.3) is 11.0 Å². The molecule has 0 saturated carbocycles. The Morgan fingerprint density at radius 3 is 2.40 bits per heavy atom. The number of fused-ring (bicyclic) bond motifs is 1. The van der Waals surface area contributed by atoms with Gasteiger partial charge in [-0.15, -0.1) is 0 Å². The number of carbonyl (C=O) groups is 1. The summed E-state index contributed by atoms with van der Waals surface area (Å²) < 4.78 is 32.4. The second-order valence-electron chi connectivity index (χ2n) is 4.45. The van der Waals surface area contributed by atoms with Gasteiger partial charge in [0.2, 0.25) is 5.78 Å². The van der Waals surface area contributed by atoms with Gasteiger partial charge in [0, 0.05) is 17.4 Å². The van der Waals surface area contributed by atoms with Gasteiger partial charge in [-0.05, 0) is 24.3 Å². The van der Waals surface area contributed by atoms with Crippen LogP contribution in [0, 0.1) is 11.6 Å². The summed E-state index contributed by atoms with van der Waals surface area (Å²) in [5.74, 6) is -1.80. The first-order chi connectivity index (χ1) is 9.65. The minimum absolute atomic E-state index is 0.105. The Labute approximate surface area is 113 Å². The molecule has 0 atom stereocenters. The molecule has 4 heteroatoms. The molecule has 100 valence electrons. The van der Waals surface area contributed by atoms with Crippen LogP contribution in [0.3, 0.4) is 0 Å². The smallest absolute Gasteiger partial charge is 0.202 e. The van der Waals surface area contributed by atoms with Gasteiger partial charge < -0.3 is 4.42 Å². The van der Waals surface area contributed by atoms with Gasteiger partial charge in [-0.3, -0.25) is 4.79 Å². The van der Waals surface area contributed by atoms with Crippen LogP contribution in [0.2, 0.25) is 0 Å². The zero-order valence-electron chi connectivity index (χ0n) is 10.4. The van der Waals surface area contributed by atoms with Crippen molar-refractivity contribution in [1.82, 2.24) is 0 Å². The average molecular weight is 272 g/mol. The third-order valence-electron chi connectivity index (χ3n) is 3.10. The Morgan fingerprint density at radius 2 is 1.70 bits per heavy atom. The molecule has 0 bridgehead atoms. The molecule has 1 aromatic heterocycles. The highest BCUT2D eigenvalue weighted by Gasteiger charge is 2.17. The van der Waals surface area contributed by atoms with Crippen molar-refractivity contribution < 1.29 is 18.0 Å². The van der Waals surface area contributed by atoms with Crippen molar-refractivity contribution in [3.8, 4) is 0 Å². The predicted octanol–water partition coefficient (Wildman–Crippen LogP) is 4.14. The highest BCUT2D eigenvalue weighted by atomic mass is 19.1. The highest BCUT2D eigenvalue weighted by Crippen LogP contribution is 2.21. The average Bonchev–Trinajstić information content (AvgIpc) is 2.87. The zero-order valence-corrected chi connectivity index (χ0v) is 10.4. The number of ketones is 1. The maximum absolute atomic E-state index is 13.5. The van der Waals surface area contributed by atoms with Crippen LogP contribution >= 0.6 is 0 Å². The maximum atomic E-state index is 13.5. The van der Waals surface area contributed by atoms with Crippen LogP contribution in [0.15, 0.2) is 52.9 Å². The van der Waals surface area contributed by atoms with E-state index in [0.29, 0.717) is 5.58 Å². The summed E-state index contributed by atoms with van der Waals surface area (Å²) in [6.45, 7) is 0. The SMILES string of the molecule is O=C(Cc1c(F)cccc1F)c1cc2ccccc2o1. The molecule has 1 heterocycles. The lowest BCUT2D eigenvalue weighted by atomic mass is 10.1. The molecule has 0 N–H and O–H groups in total. The molecular weight excluding hydrogens is 262 g/mol. The summed E-state index contributed by atoms with van der Waals surface area (Å²) in [7, 11) is 0. The van der Waals surface area contributed by atoms with E-state index in [2.05, 4.69) is 0 Å². The Kier molecular flexibility index (Phi) is 3.06.